The molecular weight excluding hydrogens is 257 g/mol. The molecule has 0 atom stereocenters. The number of carbonyl (C=O) groups excluding carboxylic acids is 1. The molecule has 0 spiro atoms. The Morgan fingerprint density at radius 2 is 1.95 bits per heavy atom. The van der Waals surface area contributed by atoms with Crippen LogP contribution < -0.4 is 11.1 Å². The van der Waals surface area contributed by atoms with E-state index in [2.05, 4.69) is 5.32 Å². The summed E-state index contributed by atoms with van der Waals surface area (Å²) < 4.78 is 38.3. The maximum Gasteiger partial charge on any atom is 0.417 e. The molecule has 0 radical (unpaired) electrons. The molecule has 0 aliphatic heterocycles. The summed E-state index contributed by atoms with van der Waals surface area (Å²) in [6.07, 6.45) is -2.71. The van der Waals surface area contributed by atoms with Crippen LogP contribution in [0.2, 0.25) is 0 Å². The number of halogens is 3. The Labute approximate surface area is 109 Å². The summed E-state index contributed by atoms with van der Waals surface area (Å²) in [5.41, 5.74) is 4.20. The molecule has 1 aromatic rings. The predicted molar refractivity (Wildman–Crippen MR) is 64.5 cm³/mol. The van der Waals surface area contributed by atoms with E-state index in [9.17, 15) is 18.0 Å². The summed E-state index contributed by atoms with van der Waals surface area (Å²) in [5.74, 6) is -0.701. The number of alkyl halides is 3. The van der Waals surface area contributed by atoms with Crippen molar-refractivity contribution in [3.8, 4) is 0 Å². The van der Waals surface area contributed by atoms with E-state index < -0.39 is 17.6 Å². The van der Waals surface area contributed by atoms with Crippen LogP contribution in [0.25, 0.3) is 0 Å². The molecule has 104 valence electrons. The highest BCUT2D eigenvalue weighted by atomic mass is 19.4. The van der Waals surface area contributed by atoms with Crippen LogP contribution in [0.5, 0.6) is 0 Å². The molecule has 2 rings (SSSR count). The van der Waals surface area contributed by atoms with Crippen molar-refractivity contribution in [3.63, 3.8) is 0 Å². The van der Waals surface area contributed by atoms with E-state index in [1.54, 1.807) is 0 Å². The Morgan fingerprint density at radius 3 is 2.47 bits per heavy atom. The normalized spacial score (nSPS) is 17.1. The molecule has 1 aliphatic rings. The standard InChI is InChI=1S/C13H15F3N2O/c14-13(15,16)10-4-2-1-3-9(10)11(19)18-8-12(7-17)5-6-12/h1-4H,5-8,17H2,(H,18,19). The van der Waals surface area contributed by atoms with Crippen molar-refractivity contribution in [1.29, 1.82) is 0 Å². The van der Waals surface area contributed by atoms with Crippen LogP contribution in [0.1, 0.15) is 28.8 Å². The summed E-state index contributed by atoms with van der Waals surface area (Å²) in [6.45, 7) is 0.767. The molecule has 0 saturated heterocycles. The maximum absolute atomic E-state index is 12.8. The first-order chi connectivity index (χ1) is 8.88. The number of nitrogens with one attached hydrogen (secondary N) is 1. The molecule has 6 heteroatoms. The monoisotopic (exact) mass is 272 g/mol. The topological polar surface area (TPSA) is 55.1 Å². The van der Waals surface area contributed by atoms with Gasteiger partial charge in [-0.2, -0.15) is 13.2 Å². The van der Waals surface area contributed by atoms with Gasteiger partial charge in [-0.25, -0.2) is 0 Å². The van der Waals surface area contributed by atoms with Crippen LogP contribution in [0.4, 0.5) is 13.2 Å². The van der Waals surface area contributed by atoms with Gasteiger partial charge in [0.1, 0.15) is 0 Å². The van der Waals surface area contributed by atoms with Crippen LogP contribution in [-0.4, -0.2) is 19.0 Å². The molecule has 1 aliphatic carbocycles. The summed E-state index contributed by atoms with van der Waals surface area (Å²) in [7, 11) is 0. The summed E-state index contributed by atoms with van der Waals surface area (Å²) in [5, 5.41) is 2.55. The smallest absolute Gasteiger partial charge is 0.351 e. The second-order valence-corrected chi connectivity index (χ2v) is 4.93. The van der Waals surface area contributed by atoms with Gasteiger partial charge in [-0.15, -0.1) is 0 Å². The number of benzene rings is 1. The number of hydrogen-bond acceptors (Lipinski definition) is 2. The summed E-state index contributed by atoms with van der Waals surface area (Å²) >= 11 is 0. The predicted octanol–water partition coefficient (Wildman–Crippen LogP) is 2.17. The number of hydrogen-bond donors (Lipinski definition) is 2. The highest BCUT2D eigenvalue weighted by Crippen LogP contribution is 2.43. The zero-order valence-corrected chi connectivity index (χ0v) is 10.3. The van der Waals surface area contributed by atoms with Gasteiger partial charge in [-0.05, 0) is 31.5 Å². The average Bonchev–Trinajstić information content (AvgIpc) is 3.16. The molecule has 0 unspecified atom stereocenters. The molecular formula is C13H15F3N2O. The van der Waals surface area contributed by atoms with Gasteiger partial charge in [0.25, 0.3) is 5.91 Å². The molecule has 1 saturated carbocycles. The van der Waals surface area contributed by atoms with Gasteiger partial charge in [0.05, 0.1) is 11.1 Å². The molecule has 0 bridgehead atoms. The molecule has 19 heavy (non-hydrogen) atoms. The Morgan fingerprint density at radius 1 is 1.32 bits per heavy atom. The van der Waals surface area contributed by atoms with Crippen molar-refractivity contribution < 1.29 is 18.0 Å². The van der Waals surface area contributed by atoms with E-state index in [0.29, 0.717) is 13.1 Å². The maximum atomic E-state index is 12.8. The van der Waals surface area contributed by atoms with E-state index >= 15 is 0 Å². The minimum atomic E-state index is -4.53. The van der Waals surface area contributed by atoms with Crippen LogP contribution >= 0.6 is 0 Å². The molecule has 0 heterocycles. The van der Waals surface area contributed by atoms with Crippen molar-refractivity contribution in [2.24, 2.45) is 11.1 Å². The van der Waals surface area contributed by atoms with Gasteiger partial charge >= 0.3 is 6.18 Å². The zero-order valence-electron chi connectivity index (χ0n) is 10.3. The molecule has 1 fully saturated rings. The van der Waals surface area contributed by atoms with Crippen molar-refractivity contribution in [3.05, 3.63) is 35.4 Å². The van der Waals surface area contributed by atoms with Crippen LogP contribution in [0.3, 0.4) is 0 Å². The molecule has 1 aromatic carbocycles. The van der Waals surface area contributed by atoms with Crippen molar-refractivity contribution >= 4 is 5.91 Å². The zero-order chi connectivity index (χ0) is 14.1. The molecule has 3 nitrogen and oxygen atoms in total. The highest BCUT2D eigenvalue weighted by Gasteiger charge is 2.41. The van der Waals surface area contributed by atoms with Crippen molar-refractivity contribution in [2.45, 2.75) is 19.0 Å². The third kappa shape index (κ3) is 3.07. The number of nitrogens with two attached hydrogens (primary N) is 1. The lowest BCUT2D eigenvalue weighted by atomic mass is 10.0. The lowest BCUT2D eigenvalue weighted by molar-refractivity contribution is -0.137. The second kappa shape index (κ2) is 4.85. The quantitative estimate of drug-likeness (QED) is 0.882. The van der Waals surface area contributed by atoms with Crippen LogP contribution in [0.15, 0.2) is 24.3 Å². The highest BCUT2D eigenvalue weighted by molar-refractivity contribution is 5.95. The van der Waals surface area contributed by atoms with Crippen molar-refractivity contribution in [2.75, 3.05) is 13.1 Å². The molecule has 1 amide bonds. The van der Waals surface area contributed by atoms with Crippen LogP contribution in [-0.2, 0) is 6.18 Å². The number of carbonyl (C=O) groups is 1. The Kier molecular flexibility index (Phi) is 3.54. The Hall–Kier alpha value is -1.56. The lowest BCUT2D eigenvalue weighted by Gasteiger charge is -2.16. The first-order valence-electron chi connectivity index (χ1n) is 6.02. The Bertz CT molecular complexity index is 481. The molecule has 0 aromatic heterocycles. The van der Waals surface area contributed by atoms with Gasteiger partial charge in [-0.1, -0.05) is 12.1 Å². The molecule has 3 N–H and O–H groups in total. The first-order valence-corrected chi connectivity index (χ1v) is 6.02. The number of rotatable bonds is 4. The minimum Gasteiger partial charge on any atom is -0.351 e. The van der Waals surface area contributed by atoms with Gasteiger partial charge in [0, 0.05) is 12.0 Å². The van der Waals surface area contributed by atoms with E-state index in [1.165, 1.54) is 18.2 Å². The fourth-order valence-electron chi connectivity index (χ4n) is 1.92. The summed E-state index contributed by atoms with van der Waals surface area (Å²) in [4.78, 5) is 11.9. The van der Waals surface area contributed by atoms with E-state index in [1.807, 2.05) is 0 Å². The largest absolute Gasteiger partial charge is 0.417 e. The van der Waals surface area contributed by atoms with E-state index in [0.717, 1.165) is 18.9 Å². The fraction of sp³-hybridized carbons (Fsp3) is 0.462. The SMILES string of the molecule is NCC1(CNC(=O)c2ccccc2C(F)(F)F)CC1. The lowest BCUT2D eigenvalue weighted by Crippen LogP contribution is -2.34. The van der Waals surface area contributed by atoms with E-state index in [4.69, 9.17) is 5.73 Å². The third-order valence-corrected chi connectivity index (χ3v) is 3.49. The minimum absolute atomic E-state index is 0.108. The van der Waals surface area contributed by atoms with Gasteiger partial charge < -0.3 is 11.1 Å². The Balaban J connectivity index is 2.11. The third-order valence-electron chi connectivity index (χ3n) is 3.49. The van der Waals surface area contributed by atoms with E-state index in [-0.39, 0.29) is 11.0 Å². The fourth-order valence-corrected chi connectivity index (χ4v) is 1.92. The van der Waals surface area contributed by atoms with Gasteiger partial charge in [0.2, 0.25) is 0 Å². The van der Waals surface area contributed by atoms with Crippen molar-refractivity contribution in [1.82, 2.24) is 5.32 Å². The number of amides is 1. The van der Waals surface area contributed by atoms with Gasteiger partial charge in [0.15, 0.2) is 0 Å². The summed E-state index contributed by atoms with van der Waals surface area (Å²) in [6, 6.07) is 4.77. The van der Waals surface area contributed by atoms with Crippen LogP contribution in [0, 0.1) is 5.41 Å². The second-order valence-electron chi connectivity index (χ2n) is 4.93. The average molecular weight is 272 g/mol. The first kappa shape index (κ1) is 13.9. The van der Waals surface area contributed by atoms with Gasteiger partial charge in [-0.3, -0.25) is 4.79 Å².